The summed E-state index contributed by atoms with van der Waals surface area (Å²) in [6, 6.07) is 15.2. The van der Waals surface area contributed by atoms with Gasteiger partial charge in [-0.2, -0.15) is 0 Å². The highest BCUT2D eigenvalue weighted by Crippen LogP contribution is 2.25. The Balaban J connectivity index is 1.43. The number of rotatable bonds is 6. The van der Waals surface area contributed by atoms with Crippen LogP contribution in [0.4, 0.5) is 4.79 Å². The van der Waals surface area contributed by atoms with E-state index in [1.165, 1.54) is 0 Å². The van der Waals surface area contributed by atoms with Gasteiger partial charge in [-0.25, -0.2) is 4.79 Å². The number of hydrogen-bond acceptors (Lipinski definition) is 4. The second-order valence-electron chi connectivity index (χ2n) is 8.15. The maximum atomic E-state index is 12.8. The van der Waals surface area contributed by atoms with Crippen molar-refractivity contribution in [1.29, 1.82) is 0 Å². The van der Waals surface area contributed by atoms with Gasteiger partial charge < -0.3 is 30.5 Å². The second kappa shape index (κ2) is 9.74. The fourth-order valence-corrected chi connectivity index (χ4v) is 3.87. The Hall–Kier alpha value is -3.85. The van der Waals surface area contributed by atoms with E-state index in [1.807, 2.05) is 47.4 Å². The van der Waals surface area contributed by atoms with Gasteiger partial charge in [0.2, 0.25) is 0 Å². The lowest BCUT2D eigenvalue weighted by Gasteiger charge is -2.32. The predicted molar refractivity (Wildman–Crippen MR) is 125 cm³/mol. The Morgan fingerprint density at radius 3 is 2.27 bits per heavy atom. The summed E-state index contributed by atoms with van der Waals surface area (Å²) in [5, 5.41) is 14.3. The van der Waals surface area contributed by atoms with Gasteiger partial charge in [-0.1, -0.05) is 24.3 Å². The summed E-state index contributed by atoms with van der Waals surface area (Å²) in [6.07, 6.45) is -1.13. The number of aromatic amines is 1. The number of carbonyl (C=O) groups excluding carboxylic acids is 2. The molecule has 0 saturated carbocycles. The molecule has 0 atom stereocenters. The first-order chi connectivity index (χ1) is 15.9. The molecule has 1 saturated heterocycles. The third-order valence-corrected chi connectivity index (χ3v) is 5.81. The van der Waals surface area contributed by atoms with E-state index in [1.54, 1.807) is 6.07 Å². The largest absolute Gasteiger partial charge is 0.465 e. The molecule has 1 aliphatic rings. The number of carbonyl (C=O) groups is 3. The number of likely N-dealkylation sites (N-methyl/N-ethyl adjacent to an activating group) is 1. The lowest BCUT2D eigenvalue weighted by molar-refractivity contribution is 0.0664. The molecule has 3 aromatic rings. The number of carboxylic acid groups (broad SMARTS) is 1. The molecule has 33 heavy (non-hydrogen) atoms. The van der Waals surface area contributed by atoms with Crippen LogP contribution in [-0.2, 0) is 0 Å². The summed E-state index contributed by atoms with van der Waals surface area (Å²) in [5.41, 5.74) is 3.86. The van der Waals surface area contributed by atoms with Crippen molar-refractivity contribution >= 4 is 28.8 Å². The van der Waals surface area contributed by atoms with Crippen molar-refractivity contribution in [2.75, 3.05) is 46.3 Å². The number of benzene rings is 2. The fraction of sp³-hybridized carbons (Fsp3) is 0.292. The SMILES string of the molecule is CN1CCN(C(=O)c2ccc(-c3ccc4cc(C(=O)NCCNC(=O)O)[nH]c4c3)cc2)CC1. The first-order valence-electron chi connectivity index (χ1n) is 10.9. The third-order valence-electron chi connectivity index (χ3n) is 5.81. The molecular formula is C24H27N5O4. The summed E-state index contributed by atoms with van der Waals surface area (Å²) < 4.78 is 0. The van der Waals surface area contributed by atoms with Crippen LogP contribution < -0.4 is 10.6 Å². The van der Waals surface area contributed by atoms with Crippen LogP contribution in [0.1, 0.15) is 20.8 Å². The zero-order valence-electron chi connectivity index (χ0n) is 18.4. The Kier molecular flexibility index (Phi) is 6.60. The molecule has 0 radical (unpaired) electrons. The van der Waals surface area contributed by atoms with Crippen molar-refractivity contribution < 1.29 is 19.5 Å². The fourth-order valence-electron chi connectivity index (χ4n) is 3.87. The molecule has 4 rings (SSSR count). The highest BCUT2D eigenvalue weighted by molar-refractivity contribution is 5.99. The van der Waals surface area contributed by atoms with Gasteiger partial charge in [0.05, 0.1) is 0 Å². The van der Waals surface area contributed by atoms with Gasteiger partial charge in [-0.05, 0) is 42.4 Å². The average molecular weight is 450 g/mol. The molecule has 2 heterocycles. The third kappa shape index (κ3) is 5.32. The summed E-state index contributed by atoms with van der Waals surface area (Å²) in [6.45, 7) is 3.60. The number of aromatic nitrogens is 1. The highest BCUT2D eigenvalue weighted by atomic mass is 16.4. The monoisotopic (exact) mass is 449 g/mol. The van der Waals surface area contributed by atoms with E-state index in [0.717, 1.165) is 48.2 Å². The van der Waals surface area contributed by atoms with Crippen LogP contribution in [0.2, 0.25) is 0 Å². The van der Waals surface area contributed by atoms with Crippen LogP contribution in [0.15, 0.2) is 48.5 Å². The average Bonchev–Trinajstić information content (AvgIpc) is 3.25. The highest BCUT2D eigenvalue weighted by Gasteiger charge is 2.20. The molecule has 0 bridgehead atoms. The number of nitrogens with zero attached hydrogens (tertiary/aromatic N) is 2. The van der Waals surface area contributed by atoms with E-state index in [0.29, 0.717) is 11.3 Å². The maximum Gasteiger partial charge on any atom is 0.404 e. The second-order valence-corrected chi connectivity index (χ2v) is 8.15. The van der Waals surface area contributed by atoms with Gasteiger partial charge >= 0.3 is 6.09 Å². The lowest BCUT2D eigenvalue weighted by atomic mass is 10.0. The van der Waals surface area contributed by atoms with E-state index in [9.17, 15) is 14.4 Å². The summed E-state index contributed by atoms with van der Waals surface area (Å²) in [7, 11) is 2.06. The zero-order chi connectivity index (χ0) is 23.4. The van der Waals surface area contributed by atoms with E-state index in [4.69, 9.17) is 5.11 Å². The molecule has 3 amide bonds. The lowest BCUT2D eigenvalue weighted by Crippen LogP contribution is -2.47. The van der Waals surface area contributed by atoms with Crippen molar-refractivity contribution in [1.82, 2.24) is 25.4 Å². The van der Waals surface area contributed by atoms with E-state index < -0.39 is 6.09 Å². The molecule has 1 aromatic heterocycles. The van der Waals surface area contributed by atoms with Crippen LogP contribution in [0.25, 0.3) is 22.0 Å². The minimum absolute atomic E-state index is 0.0590. The first kappa shape index (κ1) is 22.3. The normalized spacial score (nSPS) is 14.3. The number of piperazine rings is 1. The molecule has 9 nitrogen and oxygen atoms in total. The predicted octanol–water partition coefficient (Wildman–Crippen LogP) is 2.22. The van der Waals surface area contributed by atoms with Gasteiger partial charge in [0, 0.05) is 55.7 Å². The number of amides is 3. The quantitative estimate of drug-likeness (QED) is 0.431. The standard InChI is InChI=1S/C24H27N5O4/c1-28-10-12-29(13-11-28)23(31)17-4-2-16(3-5-17)18-6-7-19-15-21(27-20(19)14-18)22(30)25-8-9-26-24(32)33/h2-7,14-15,26-27H,8-13H2,1H3,(H,25,30)(H,32,33). The van der Waals surface area contributed by atoms with Crippen molar-refractivity contribution in [3.63, 3.8) is 0 Å². The van der Waals surface area contributed by atoms with Gasteiger partial charge in [-0.3, -0.25) is 9.59 Å². The molecule has 0 spiro atoms. The van der Waals surface area contributed by atoms with Crippen molar-refractivity contribution in [2.24, 2.45) is 0 Å². The minimum atomic E-state index is -1.13. The van der Waals surface area contributed by atoms with E-state index in [-0.39, 0.29) is 24.9 Å². The maximum absolute atomic E-state index is 12.8. The van der Waals surface area contributed by atoms with Crippen LogP contribution in [-0.4, -0.2) is 84.1 Å². The molecule has 0 aliphatic carbocycles. The van der Waals surface area contributed by atoms with E-state index >= 15 is 0 Å². The molecule has 0 unspecified atom stereocenters. The van der Waals surface area contributed by atoms with Crippen LogP contribution >= 0.6 is 0 Å². The molecule has 1 aliphatic heterocycles. The molecule has 4 N–H and O–H groups in total. The number of hydrogen-bond donors (Lipinski definition) is 4. The molecular weight excluding hydrogens is 422 g/mol. The van der Waals surface area contributed by atoms with Gasteiger partial charge in [-0.15, -0.1) is 0 Å². The summed E-state index contributed by atoms with van der Waals surface area (Å²) in [5.74, 6) is -0.240. The summed E-state index contributed by atoms with van der Waals surface area (Å²) in [4.78, 5) is 42.8. The number of H-pyrrole nitrogens is 1. The van der Waals surface area contributed by atoms with Crippen LogP contribution in [0.3, 0.4) is 0 Å². The Labute approximate surface area is 191 Å². The Morgan fingerprint density at radius 1 is 0.909 bits per heavy atom. The molecule has 9 heteroatoms. The summed E-state index contributed by atoms with van der Waals surface area (Å²) >= 11 is 0. The minimum Gasteiger partial charge on any atom is -0.465 e. The molecule has 172 valence electrons. The number of fused-ring (bicyclic) bond motifs is 1. The molecule has 2 aromatic carbocycles. The van der Waals surface area contributed by atoms with Gasteiger partial charge in [0.1, 0.15) is 5.69 Å². The van der Waals surface area contributed by atoms with Gasteiger partial charge in [0.15, 0.2) is 0 Å². The Morgan fingerprint density at radius 2 is 1.58 bits per heavy atom. The van der Waals surface area contributed by atoms with Gasteiger partial charge in [0.25, 0.3) is 11.8 Å². The van der Waals surface area contributed by atoms with Crippen LogP contribution in [0.5, 0.6) is 0 Å². The topological polar surface area (TPSA) is 118 Å². The zero-order valence-corrected chi connectivity index (χ0v) is 18.4. The number of nitrogens with one attached hydrogen (secondary N) is 3. The van der Waals surface area contributed by atoms with Crippen molar-refractivity contribution in [3.05, 3.63) is 59.8 Å². The van der Waals surface area contributed by atoms with Crippen molar-refractivity contribution in [2.45, 2.75) is 0 Å². The molecule has 1 fully saturated rings. The first-order valence-corrected chi connectivity index (χ1v) is 10.9. The van der Waals surface area contributed by atoms with Crippen LogP contribution in [0, 0.1) is 0 Å². The van der Waals surface area contributed by atoms with Crippen molar-refractivity contribution in [3.8, 4) is 11.1 Å². The van der Waals surface area contributed by atoms with E-state index in [2.05, 4.69) is 27.6 Å². The smallest absolute Gasteiger partial charge is 0.404 e. The Bertz CT molecular complexity index is 1160.